The van der Waals surface area contributed by atoms with E-state index in [1.165, 1.54) is 11.1 Å². The number of aromatic nitrogens is 3. The van der Waals surface area contributed by atoms with Crippen LogP contribution in [0.5, 0.6) is 11.5 Å². The van der Waals surface area contributed by atoms with Crippen molar-refractivity contribution in [2.75, 3.05) is 0 Å². The minimum Gasteiger partial charge on any atom is -0.457 e. The van der Waals surface area contributed by atoms with Gasteiger partial charge in [-0.3, -0.25) is 0 Å². The van der Waals surface area contributed by atoms with Crippen LogP contribution in [0.2, 0.25) is 0 Å². The highest BCUT2D eigenvalue weighted by molar-refractivity contribution is 5.86. The monoisotopic (exact) mass is 742 g/mol. The summed E-state index contributed by atoms with van der Waals surface area (Å²) in [6.45, 7) is 7.37. The van der Waals surface area contributed by atoms with Crippen LogP contribution in [0.25, 0.3) is 61.3 Å². The minimum absolute atomic E-state index is 0.552. The summed E-state index contributed by atoms with van der Waals surface area (Å²) >= 11 is 0. The van der Waals surface area contributed by atoms with Gasteiger partial charge in [0.2, 0.25) is 0 Å². The first-order valence-electron chi connectivity index (χ1n) is 19.2. The molecule has 58 heavy (non-hydrogen) atoms. The quantitative estimate of drug-likeness (QED) is 0.153. The molecule has 0 spiro atoms. The molecule has 0 unspecified atom stereocenters. The lowest BCUT2D eigenvalue weighted by Gasteiger charge is -2.41. The van der Waals surface area contributed by atoms with Gasteiger partial charge in [0.05, 0.1) is 12.0 Å². The molecule has 0 N–H and O–H groups in total. The van der Waals surface area contributed by atoms with E-state index in [0.717, 1.165) is 61.6 Å². The van der Waals surface area contributed by atoms with E-state index in [1.54, 1.807) is 12.1 Å². The zero-order chi connectivity index (χ0) is 38.9. The molecule has 272 valence electrons. The van der Waals surface area contributed by atoms with Crippen molar-refractivity contribution in [2.45, 2.75) is 5.41 Å². The van der Waals surface area contributed by atoms with Gasteiger partial charge in [0.25, 0.3) is 0 Å². The molecular weight excluding hydrogens is 709 g/mol. The van der Waals surface area contributed by atoms with E-state index in [1.807, 2.05) is 48.5 Å². The van der Waals surface area contributed by atoms with E-state index in [2.05, 4.69) is 150 Å². The summed E-state index contributed by atoms with van der Waals surface area (Å²) in [5, 5.41) is 0. The van der Waals surface area contributed by atoms with Gasteiger partial charge >= 0.3 is 0 Å². The summed E-state index contributed by atoms with van der Waals surface area (Å²) in [6, 6.07) is 70.8. The summed E-state index contributed by atoms with van der Waals surface area (Å²) in [5.74, 6) is 3.41. The number of rotatable bonds is 7. The Morgan fingerprint density at radius 3 is 1.40 bits per heavy atom. The van der Waals surface area contributed by atoms with Crippen molar-refractivity contribution in [1.29, 1.82) is 0 Å². The maximum Gasteiger partial charge on any atom is 0.187 e. The standard InChI is InChI=1S/C53H34N4O/c1-54-43-32-29-39(30-33-43)52-56-50(37-15-5-2-6-16-37)55-51(57-52)38-27-25-36(26-28-38)44-21-11-12-22-45(44)40-31-34-49-47(35-40)53(41-17-7-3-8-18-41,42-19-9-4-10-20-42)46-23-13-14-24-48(46)58-49/h2-35H. The van der Waals surface area contributed by atoms with Gasteiger partial charge < -0.3 is 4.74 Å². The molecule has 1 aliphatic rings. The Kier molecular flexibility index (Phi) is 8.70. The predicted molar refractivity (Wildman–Crippen MR) is 232 cm³/mol. The van der Waals surface area contributed by atoms with Gasteiger partial charge in [-0.25, -0.2) is 19.8 Å². The topological polar surface area (TPSA) is 52.3 Å². The minimum atomic E-state index is -0.611. The molecule has 0 amide bonds. The maximum atomic E-state index is 7.37. The third kappa shape index (κ3) is 6.01. The number of nitrogens with zero attached hydrogens (tertiary/aromatic N) is 4. The van der Waals surface area contributed by atoms with Crippen LogP contribution < -0.4 is 4.74 Å². The molecule has 5 nitrogen and oxygen atoms in total. The van der Waals surface area contributed by atoms with Crippen LogP contribution in [0, 0.1) is 6.57 Å². The summed E-state index contributed by atoms with van der Waals surface area (Å²) in [5.41, 5.74) is 11.5. The average molecular weight is 743 g/mol. The molecule has 0 fully saturated rings. The first-order chi connectivity index (χ1) is 28.7. The zero-order valence-electron chi connectivity index (χ0n) is 31.3. The molecule has 0 saturated heterocycles. The normalized spacial score (nSPS) is 12.4. The lowest BCUT2D eigenvalue weighted by molar-refractivity contribution is 0.434. The second-order valence-electron chi connectivity index (χ2n) is 14.2. The molecule has 8 aromatic carbocycles. The second kappa shape index (κ2) is 14.6. The van der Waals surface area contributed by atoms with Gasteiger partial charge in [0, 0.05) is 27.8 Å². The number of benzene rings is 8. The molecular formula is C53H34N4O. The van der Waals surface area contributed by atoms with Crippen LogP contribution >= 0.6 is 0 Å². The van der Waals surface area contributed by atoms with E-state index >= 15 is 0 Å². The van der Waals surface area contributed by atoms with Gasteiger partial charge in [-0.2, -0.15) is 0 Å². The predicted octanol–water partition coefficient (Wildman–Crippen LogP) is 13.2. The van der Waals surface area contributed by atoms with Gasteiger partial charge in [0.1, 0.15) is 11.5 Å². The van der Waals surface area contributed by atoms with E-state index in [-0.39, 0.29) is 0 Å². The van der Waals surface area contributed by atoms with Crippen LogP contribution in [-0.4, -0.2) is 15.0 Å². The Morgan fingerprint density at radius 1 is 0.379 bits per heavy atom. The zero-order valence-corrected chi connectivity index (χ0v) is 31.3. The van der Waals surface area contributed by atoms with Crippen molar-refractivity contribution in [3.8, 4) is 67.9 Å². The number of para-hydroxylation sites is 1. The first kappa shape index (κ1) is 34.5. The van der Waals surface area contributed by atoms with Crippen LogP contribution in [0.3, 0.4) is 0 Å². The van der Waals surface area contributed by atoms with Crippen molar-refractivity contribution in [3.05, 3.63) is 240 Å². The molecule has 2 heterocycles. The SMILES string of the molecule is [C-]#[N+]c1ccc(-c2nc(-c3ccccc3)nc(-c3ccc(-c4ccccc4-c4ccc5c(c4)C(c4ccccc4)(c4ccccc4)c4ccccc4O5)cc3)n2)cc1. The van der Waals surface area contributed by atoms with Crippen LogP contribution in [0.15, 0.2) is 206 Å². The van der Waals surface area contributed by atoms with Gasteiger partial charge in [-0.05, 0) is 51.6 Å². The summed E-state index contributed by atoms with van der Waals surface area (Å²) < 4.78 is 6.69. The van der Waals surface area contributed by atoms with Gasteiger partial charge in [0.15, 0.2) is 23.2 Å². The second-order valence-corrected chi connectivity index (χ2v) is 14.2. The maximum absolute atomic E-state index is 7.37. The highest BCUT2D eigenvalue weighted by Crippen LogP contribution is 2.56. The van der Waals surface area contributed by atoms with Crippen LogP contribution in [0.1, 0.15) is 22.3 Å². The fourth-order valence-electron chi connectivity index (χ4n) is 8.19. The lowest BCUT2D eigenvalue weighted by atomic mass is 9.63. The van der Waals surface area contributed by atoms with Crippen molar-refractivity contribution in [1.82, 2.24) is 15.0 Å². The van der Waals surface area contributed by atoms with Crippen LogP contribution in [0.4, 0.5) is 5.69 Å². The summed E-state index contributed by atoms with van der Waals surface area (Å²) in [6.07, 6.45) is 0. The van der Waals surface area contributed by atoms with E-state index in [4.69, 9.17) is 26.3 Å². The van der Waals surface area contributed by atoms with E-state index in [0.29, 0.717) is 23.2 Å². The van der Waals surface area contributed by atoms with Gasteiger partial charge in [-0.1, -0.05) is 188 Å². The number of fused-ring (bicyclic) bond motifs is 2. The molecule has 5 heteroatoms. The van der Waals surface area contributed by atoms with Crippen molar-refractivity contribution in [2.24, 2.45) is 0 Å². The van der Waals surface area contributed by atoms with Crippen molar-refractivity contribution >= 4 is 5.69 Å². The molecule has 0 radical (unpaired) electrons. The van der Waals surface area contributed by atoms with Gasteiger partial charge in [-0.15, -0.1) is 0 Å². The Balaban J connectivity index is 1.08. The summed E-state index contributed by atoms with van der Waals surface area (Å²) in [7, 11) is 0. The third-order valence-electron chi connectivity index (χ3n) is 10.9. The molecule has 0 saturated carbocycles. The molecule has 1 aromatic heterocycles. The highest BCUT2D eigenvalue weighted by atomic mass is 16.5. The smallest absolute Gasteiger partial charge is 0.187 e. The Bertz CT molecular complexity index is 2920. The average Bonchev–Trinajstić information content (AvgIpc) is 3.31. The summed E-state index contributed by atoms with van der Waals surface area (Å²) in [4.78, 5) is 18.3. The fraction of sp³-hybridized carbons (Fsp3) is 0.0189. The van der Waals surface area contributed by atoms with Crippen molar-refractivity contribution < 1.29 is 4.74 Å². The lowest BCUT2D eigenvalue weighted by Crippen LogP contribution is -2.34. The van der Waals surface area contributed by atoms with Crippen molar-refractivity contribution in [3.63, 3.8) is 0 Å². The molecule has 10 rings (SSSR count). The molecule has 1 aliphatic heterocycles. The first-order valence-corrected chi connectivity index (χ1v) is 19.2. The molecule has 0 aliphatic carbocycles. The number of ether oxygens (including phenoxy) is 1. The number of hydrogen-bond donors (Lipinski definition) is 0. The fourth-order valence-corrected chi connectivity index (χ4v) is 8.19. The number of hydrogen-bond acceptors (Lipinski definition) is 4. The van der Waals surface area contributed by atoms with E-state index < -0.39 is 5.41 Å². The molecule has 9 aromatic rings. The largest absolute Gasteiger partial charge is 0.457 e. The Hall–Kier alpha value is -7.94. The molecule has 0 bridgehead atoms. The third-order valence-corrected chi connectivity index (χ3v) is 10.9. The van der Waals surface area contributed by atoms with E-state index in [9.17, 15) is 0 Å². The Labute approximate surface area is 337 Å². The Morgan fingerprint density at radius 2 is 0.810 bits per heavy atom. The van der Waals surface area contributed by atoms with Crippen LogP contribution in [-0.2, 0) is 5.41 Å². The molecule has 0 atom stereocenters. The highest BCUT2D eigenvalue weighted by Gasteiger charge is 2.45.